The van der Waals surface area contributed by atoms with Crippen LogP contribution in [0.2, 0.25) is 0 Å². The molecule has 4 nitrogen and oxygen atoms in total. The molecule has 0 atom stereocenters. The highest BCUT2D eigenvalue weighted by molar-refractivity contribution is 5.94. The third-order valence-corrected chi connectivity index (χ3v) is 4.03. The second-order valence-corrected chi connectivity index (χ2v) is 6.45. The van der Waals surface area contributed by atoms with Crippen molar-refractivity contribution in [1.29, 1.82) is 0 Å². The number of halogens is 1. The highest BCUT2D eigenvalue weighted by atomic mass is 19.1. The Morgan fingerprint density at radius 1 is 1.12 bits per heavy atom. The number of rotatable bonds is 5. The van der Waals surface area contributed by atoms with Crippen molar-refractivity contribution in [3.63, 3.8) is 0 Å². The molecule has 0 aliphatic heterocycles. The Morgan fingerprint density at radius 2 is 1.80 bits per heavy atom. The van der Waals surface area contributed by atoms with E-state index in [0.29, 0.717) is 12.4 Å². The van der Waals surface area contributed by atoms with Crippen molar-refractivity contribution in [2.45, 2.75) is 19.3 Å². The van der Waals surface area contributed by atoms with Gasteiger partial charge in [-0.1, -0.05) is 44.2 Å². The molecule has 0 aliphatic carbocycles. The van der Waals surface area contributed by atoms with E-state index in [1.165, 1.54) is 12.1 Å². The van der Waals surface area contributed by atoms with Gasteiger partial charge in [-0.15, -0.1) is 0 Å². The number of nitrogens with zero attached hydrogens (tertiary/aromatic N) is 1. The van der Waals surface area contributed by atoms with Crippen LogP contribution in [0.5, 0.6) is 0 Å². The molecule has 25 heavy (non-hydrogen) atoms. The van der Waals surface area contributed by atoms with E-state index in [1.807, 2.05) is 44.2 Å². The van der Waals surface area contributed by atoms with Crippen LogP contribution in [0.4, 0.5) is 4.39 Å². The maximum atomic E-state index is 13.7. The fourth-order valence-electron chi connectivity index (χ4n) is 2.43. The fraction of sp³-hybridized carbons (Fsp3) is 0.200. The molecular weight excluding hydrogens is 319 g/mol. The summed E-state index contributed by atoms with van der Waals surface area (Å²) < 4.78 is 19.2. The molecule has 128 valence electrons. The number of hydrogen-bond donors (Lipinski definition) is 1. The predicted octanol–water partition coefficient (Wildman–Crippen LogP) is 4.19. The summed E-state index contributed by atoms with van der Waals surface area (Å²) in [5.41, 5.74) is 1.18. The van der Waals surface area contributed by atoms with Crippen LogP contribution in [0, 0.1) is 5.82 Å². The van der Waals surface area contributed by atoms with Crippen molar-refractivity contribution in [2.75, 3.05) is 6.54 Å². The number of hydrogen-bond acceptors (Lipinski definition) is 3. The number of amides is 1. The standard InChI is InChI=1S/C20H19FN2O2/c1-20(2,13-22-18(24)15-10-6-7-11-16(15)21)17-12-25-19(23-17)14-8-4-3-5-9-14/h3-12H,13H2,1-2H3,(H,22,24). The van der Waals surface area contributed by atoms with Crippen LogP contribution in [0.25, 0.3) is 11.5 Å². The largest absolute Gasteiger partial charge is 0.444 e. The zero-order valence-electron chi connectivity index (χ0n) is 14.1. The molecule has 3 aromatic rings. The number of carbonyl (C=O) groups excluding carboxylic acids is 1. The second-order valence-electron chi connectivity index (χ2n) is 6.45. The van der Waals surface area contributed by atoms with Gasteiger partial charge in [0.15, 0.2) is 0 Å². The Bertz CT molecular complexity index is 872. The van der Waals surface area contributed by atoms with Gasteiger partial charge in [-0.3, -0.25) is 4.79 Å². The molecule has 5 heteroatoms. The van der Waals surface area contributed by atoms with Gasteiger partial charge in [0.05, 0.1) is 11.3 Å². The Labute approximate surface area is 145 Å². The van der Waals surface area contributed by atoms with Crippen molar-refractivity contribution >= 4 is 5.91 Å². The highest BCUT2D eigenvalue weighted by Crippen LogP contribution is 2.26. The molecule has 1 heterocycles. The Balaban J connectivity index is 1.71. The molecule has 3 rings (SSSR count). The maximum absolute atomic E-state index is 13.7. The Hall–Kier alpha value is -2.95. The quantitative estimate of drug-likeness (QED) is 0.759. The minimum absolute atomic E-state index is 0.0310. The molecule has 0 fully saturated rings. The monoisotopic (exact) mass is 338 g/mol. The van der Waals surface area contributed by atoms with Gasteiger partial charge < -0.3 is 9.73 Å². The summed E-state index contributed by atoms with van der Waals surface area (Å²) in [6.45, 7) is 4.20. The van der Waals surface area contributed by atoms with Crippen LogP contribution in [0.1, 0.15) is 29.9 Å². The van der Waals surface area contributed by atoms with E-state index in [1.54, 1.807) is 18.4 Å². The van der Waals surface area contributed by atoms with Crippen LogP contribution in [-0.2, 0) is 5.41 Å². The Morgan fingerprint density at radius 3 is 2.52 bits per heavy atom. The van der Waals surface area contributed by atoms with Gasteiger partial charge in [-0.05, 0) is 24.3 Å². The van der Waals surface area contributed by atoms with Gasteiger partial charge in [-0.2, -0.15) is 0 Å². The van der Waals surface area contributed by atoms with E-state index >= 15 is 0 Å². The average molecular weight is 338 g/mol. The molecular formula is C20H19FN2O2. The molecule has 2 aromatic carbocycles. The van der Waals surface area contributed by atoms with Crippen molar-refractivity contribution < 1.29 is 13.6 Å². The summed E-state index contributed by atoms with van der Waals surface area (Å²) in [6.07, 6.45) is 1.59. The number of benzene rings is 2. The summed E-state index contributed by atoms with van der Waals surface area (Å²) in [5.74, 6) is -0.451. The summed E-state index contributed by atoms with van der Waals surface area (Å²) in [4.78, 5) is 16.7. The topological polar surface area (TPSA) is 55.1 Å². The second kappa shape index (κ2) is 6.89. The number of aromatic nitrogens is 1. The molecule has 0 saturated carbocycles. The third kappa shape index (κ3) is 3.76. The van der Waals surface area contributed by atoms with Gasteiger partial charge in [0, 0.05) is 17.5 Å². The molecule has 0 spiro atoms. The number of nitrogens with one attached hydrogen (secondary N) is 1. The van der Waals surface area contributed by atoms with E-state index in [-0.39, 0.29) is 5.56 Å². The number of oxazole rings is 1. The first-order valence-electron chi connectivity index (χ1n) is 8.01. The lowest BCUT2D eigenvalue weighted by Gasteiger charge is -2.22. The number of carbonyl (C=O) groups is 1. The molecule has 1 aromatic heterocycles. The van der Waals surface area contributed by atoms with Crippen molar-refractivity contribution in [3.05, 3.63) is 77.9 Å². The lowest BCUT2D eigenvalue weighted by atomic mass is 9.90. The molecule has 0 bridgehead atoms. The van der Waals surface area contributed by atoms with E-state index in [4.69, 9.17) is 4.42 Å². The maximum Gasteiger partial charge on any atom is 0.254 e. The van der Waals surface area contributed by atoms with Crippen LogP contribution in [0.15, 0.2) is 65.3 Å². The van der Waals surface area contributed by atoms with Gasteiger partial charge >= 0.3 is 0 Å². The van der Waals surface area contributed by atoms with Crippen molar-refractivity contribution in [1.82, 2.24) is 10.3 Å². The normalized spacial score (nSPS) is 11.3. The van der Waals surface area contributed by atoms with Gasteiger partial charge in [0.2, 0.25) is 5.89 Å². The summed E-state index contributed by atoms with van der Waals surface area (Å²) in [7, 11) is 0. The van der Waals surface area contributed by atoms with E-state index in [0.717, 1.165) is 11.3 Å². The molecule has 0 aliphatic rings. The first-order valence-corrected chi connectivity index (χ1v) is 8.01. The van der Waals surface area contributed by atoms with Crippen LogP contribution in [0.3, 0.4) is 0 Å². The van der Waals surface area contributed by atoms with E-state index in [2.05, 4.69) is 10.3 Å². The van der Waals surface area contributed by atoms with E-state index < -0.39 is 17.1 Å². The minimum atomic E-state index is -0.536. The zero-order chi connectivity index (χ0) is 17.9. The predicted molar refractivity (Wildman–Crippen MR) is 93.7 cm³/mol. The minimum Gasteiger partial charge on any atom is -0.444 e. The van der Waals surface area contributed by atoms with Crippen molar-refractivity contribution in [3.8, 4) is 11.5 Å². The molecule has 1 N–H and O–H groups in total. The van der Waals surface area contributed by atoms with Crippen LogP contribution in [-0.4, -0.2) is 17.4 Å². The molecule has 0 saturated heterocycles. The first-order chi connectivity index (χ1) is 12.0. The zero-order valence-corrected chi connectivity index (χ0v) is 14.1. The summed E-state index contributed by atoms with van der Waals surface area (Å²) >= 11 is 0. The lowest BCUT2D eigenvalue weighted by molar-refractivity contribution is 0.0941. The SMILES string of the molecule is CC(C)(CNC(=O)c1ccccc1F)c1coc(-c2ccccc2)n1. The average Bonchev–Trinajstić information content (AvgIpc) is 3.12. The van der Waals surface area contributed by atoms with Gasteiger partial charge in [0.1, 0.15) is 12.1 Å². The smallest absolute Gasteiger partial charge is 0.254 e. The van der Waals surface area contributed by atoms with Crippen LogP contribution >= 0.6 is 0 Å². The summed E-state index contributed by atoms with van der Waals surface area (Å²) in [5, 5.41) is 2.77. The van der Waals surface area contributed by atoms with E-state index in [9.17, 15) is 9.18 Å². The molecule has 0 unspecified atom stereocenters. The Kier molecular flexibility index (Phi) is 4.65. The fourth-order valence-corrected chi connectivity index (χ4v) is 2.43. The van der Waals surface area contributed by atoms with Gasteiger partial charge in [-0.25, -0.2) is 9.37 Å². The lowest BCUT2D eigenvalue weighted by Crippen LogP contribution is -2.37. The molecule has 1 amide bonds. The van der Waals surface area contributed by atoms with Crippen LogP contribution < -0.4 is 5.32 Å². The highest BCUT2D eigenvalue weighted by Gasteiger charge is 2.26. The third-order valence-electron chi connectivity index (χ3n) is 4.03. The molecule has 0 radical (unpaired) electrons. The van der Waals surface area contributed by atoms with Crippen molar-refractivity contribution in [2.24, 2.45) is 0 Å². The first kappa shape index (κ1) is 16.9. The summed E-state index contributed by atoms with van der Waals surface area (Å²) in [6, 6.07) is 15.5. The van der Waals surface area contributed by atoms with Gasteiger partial charge in [0.25, 0.3) is 5.91 Å².